The van der Waals surface area contributed by atoms with E-state index in [4.69, 9.17) is 4.74 Å². The van der Waals surface area contributed by atoms with E-state index in [0.717, 1.165) is 30.4 Å². The van der Waals surface area contributed by atoms with Gasteiger partial charge in [0.2, 0.25) is 0 Å². The normalized spacial score (nSPS) is 11.5. The highest BCUT2D eigenvalue weighted by atomic mass is 16.5. The molecule has 1 aromatic rings. The molecule has 0 fully saturated rings. The molecule has 0 bridgehead atoms. The minimum absolute atomic E-state index is 0.598. The molecule has 0 aromatic heterocycles. The van der Waals surface area contributed by atoms with Gasteiger partial charge >= 0.3 is 0 Å². The number of hydrogen-bond donors (Lipinski definition) is 2. The molecule has 106 valence electrons. The summed E-state index contributed by atoms with van der Waals surface area (Å²) in [6, 6.07) is 7.99. The van der Waals surface area contributed by atoms with Gasteiger partial charge in [0.15, 0.2) is 5.96 Å². The van der Waals surface area contributed by atoms with Gasteiger partial charge in [0.25, 0.3) is 0 Å². The summed E-state index contributed by atoms with van der Waals surface area (Å²) in [5.41, 5.74) is 1.14. The fourth-order valence-corrected chi connectivity index (χ4v) is 1.58. The molecule has 0 aliphatic rings. The van der Waals surface area contributed by atoms with Crippen molar-refractivity contribution >= 4 is 5.96 Å². The van der Waals surface area contributed by atoms with Crippen molar-refractivity contribution in [1.82, 2.24) is 10.6 Å². The smallest absolute Gasteiger partial charge is 0.191 e. The summed E-state index contributed by atoms with van der Waals surface area (Å²) in [6.07, 6.45) is 0. The number of rotatable bonds is 6. The van der Waals surface area contributed by atoms with Crippen LogP contribution in [0.5, 0.6) is 5.75 Å². The minimum Gasteiger partial charge on any atom is -0.497 e. The average molecular weight is 263 g/mol. The largest absolute Gasteiger partial charge is 0.497 e. The molecular weight excluding hydrogens is 238 g/mol. The molecular formula is C15H25N3O. The van der Waals surface area contributed by atoms with Gasteiger partial charge in [-0.15, -0.1) is 0 Å². The highest BCUT2D eigenvalue weighted by Crippen LogP contribution is 2.13. The summed E-state index contributed by atoms with van der Waals surface area (Å²) < 4.78 is 5.21. The van der Waals surface area contributed by atoms with Crippen LogP contribution in [-0.2, 0) is 6.54 Å². The van der Waals surface area contributed by atoms with Crippen molar-refractivity contribution in [3.05, 3.63) is 29.8 Å². The van der Waals surface area contributed by atoms with Crippen LogP contribution in [0.25, 0.3) is 0 Å². The average Bonchev–Trinajstić information content (AvgIpc) is 2.42. The van der Waals surface area contributed by atoms with Crippen molar-refractivity contribution in [2.45, 2.75) is 27.3 Å². The number of hydrogen-bond acceptors (Lipinski definition) is 2. The molecule has 0 amide bonds. The SMILES string of the molecule is CCNC(=NCc1cccc(OC)c1)NCC(C)C. The zero-order valence-electron chi connectivity index (χ0n) is 12.4. The molecule has 0 spiro atoms. The van der Waals surface area contributed by atoms with E-state index >= 15 is 0 Å². The monoisotopic (exact) mass is 263 g/mol. The Kier molecular flexibility index (Phi) is 6.79. The molecule has 0 saturated carbocycles. The Morgan fingerprint density at radius 2 is 2.11 bits per heavy atom. The number of nitrogens with zero attached hydrogens (tertiary/aromatic N) is 1. The second-order valence-electron chi connectivity index (χ2n) is 4.82. The van der Waals surface area contributed by atoms with E-state index < -0.39 is 0 Å². The van der Waals surface area contributed by atoms with Gasteiger partial charge in [-0.3, -0.25) is 0 Å². The van der Waals surface area contributed by atoms with Gasteiger partial charge in [0.1, 0.15) is 5.75 Å². The quantitative estimate of drug-likeness (QED) is 0.612. The van der Waals surface area contributed by atoms with E-state index in [0.29, 0.717) is 12.5 Å². The molecule has 0 aliphatic carbocycles. The number of benzene rings is 1. The maximum absolute atomic E-state index is 5.21. The third-order valence-corrected chi connectivity index (χ3v) is 2.58. The third-order valence-electron chi connectivity index (χ3n) is 2.58. The van der Waals surface area contributed by atoms with E-state index in [1.54, 1.807) is 7.11 Å². The summed E-state index contributed by atoms with van der Waals surface area (Å²) in [5.74, 6) is 2.33. The second-order valence-corrected chi connectivity index (χ2v) is 4.82. The standard InChI is InChI=1S/C15H25N3O/c1-5-16-15(17-10-12(2)3)18-11-13-7-6-8-14(9-13)19-4/h6-9,12H,5,10-11H2,1-4H3,(H2,16,17,18). The lowest BCUT2D eigenvalue weighted by Gasteiger charge is -2.13. The summed E-state index contributed by atoms with van der Waals surface area (Å²) in [7, 11) is 1.68. The maximum Gasteiger partial charge on any atom is 0.191 e. The van der Waals surface area contributed by atoms with Gasteiger partial charge in [-0.25, -0.2) is 4.99 Å². The first-order valence-electron chi connectivity index (χ1n) is 6.80. The highest BCUT2D eigenvalue weighted by Gasteiger charge is 2.00. The number of nitrogens with one attached hydrogen (secondary N) is 2. The van der Waals surface area contributed by atoms with Crippen LogP contribution in [0.15, 0.2) is 29.3 Å². The zero-order valence-corrected chi connectivity index (χ0v) is 12.4. The Hall–Kier alpha value is -1.71. The van der Waals surface area contributed by atoms with E-state index in [1.807, 2.05) is 18.2 Å². The predicted molar refractivity (Wildman–Crippen MR) is 80.7 cm³/mol. The third kappa shape index (κ3) is 6.13. The van der Waals surface area contributed by atoms with Gasteiger partial charge < -0.3 is 15.4 Å². The Balaban J connectivity index is 2.62. The second kappa shape index (κ2) is 8.40. The van der Waals surface area contributed by atoms with Crippen molar-refractivity contribution in [2.24, 2.45) is 10.9 Å². The number of guanidine groups is 1. The van der Waals surface area contributed by atoms with Crippen LogP contribution in [0.1, 0.15) is 26.3 Å². The Labute approximate surface area is 116 Å². The molecule has 0 radical (unpaired) electrons. The zero-order chi connectivity index (χ0) is 14.1. The molecule has 0 atom stereocenters. The molecule has 0 heterocycles. The molecule has 0 aliphatic heterocycles. The van der Waals surface area contributed by atoms with Crippen molar-refractivity contribution < 1.29 is 4.74 Å². The van der Waals surface area contributed by atoms with Gasteiger partial charge in [-0.05, 0) is 30.5 Å². The highest BCUT2D eigenvalue weighted by molar-refractivity contribution is 5.79. The van der Waals surface area contributed by atoms with Gasteiger partial charge in [-0.1, -0.05) is 26.0 Å². The Bertz CT molecular complexity index is 402. The Morgan fingerprint density at radius 1 is 1.32 bits per heavy atom. The van der Waals surface area contributed by atoms with Crippen LogP contribution in [0.3, 0.4) is 0 Å². The minimum atomic E-state index is 0.598. The van der Waals surface area contributed by atoms with Crippen molar-refractivity contribution in [1.29, 1.82) is 0 Å². The molecule has 4 heteroatoms. The number of ether oxygens (including phenoxy) is 1. The first-order chi connectivity index (χ1) is 9.15. The molecule has 0 unspecified atom stereocenters. The van der Waals surface area contributed by atoms with Crippen LogP contribution in [0, 0.1) is 5.92 Å². The Morgan fingerprint density at radius 3 is 2.74 bits per heavy atom. The molecule has 4 nitrogen and oxygen atoms in total. The van der Waals surface area contributed by atoms with Crippen LogP contribution in [0.4, 0.5) is 0 Å². The van der Waals surface area contributed by atoms with E-state index in [2.05, 4.69) is 42.5 Å². The predicted octanol–water partition coefficient (Wildman–Crippen LogP) is 2.41. The van der Waals surface area contributed by atoms with E-state index in [9.17, 15) is 0 Å². The molecule has 2 N–H and O–H groups in total. The van der Waals surface area contributed by atoms with Crippen molar-refractivity contribution in [3.8, 4) is 5.75 Å². The van der Waals surface area contributed by atoms with Gasteiger partial charge in [0.05, 0.1) is 13.7 Å². The summed E-state index contributed by atoms with van der Waals surface area (Å²) in [4.78, 5) is 4.57. The lowest BCUT2D eigenvalue weighted by molar-refractivity contribution is 0.414. The fraction of sp³-hybridized carbons (Fsp3) is 0.533. The van der Waals surface area contributed by atoms with Crippen LogP contribution >= 0.6 is 0 Å². The van der Waals surface area contributed by atoms with Crippen LogP contribution < -0.4 is 15.4 Å². The summed E-state index contributed by atoms with van der Waals surface area (Å²) >= 11 is 0. The molecule has 1 rings (SSSR count). The summed E-state index contributed by atoms with van der Waals surface area (Å²) in [6.45, 7) is 8.85. The maximum atomic E-state index is 5.21. The lowest BCUT2D eigenvalue weighted by Crippen LogP contribution is -2.39. The number of methoxy groups -OCH3 is 1. The summed E-state index contributed by atoms with van der Waals surface area (Å²) in [5, 5.41) is 6.57. The van der Waals surface area contributed by atoms with Crippen molar-refractivity contribution in [3.63, 3.8) is 0 Å². The topological polar surface area (TPSA) is 45.7 Å². The first-order valence-corrected chi connectivity index (χ1v) is 6.80. The fourth-order valence-electron chi connectivity index (χ4n) is 1.58. The van der Waals surface area contributed by atoms with Crippen LogP contribution in [-0.4, -0.2) is 26.2 Å². The number of aliphatic imine (C=N–C) groups is 1. The van der Waals surface area contributed by atoms with Gasteiger partial charge in [0, 0.05) is 13.1 Å². The van der Waals surface area contributed by atoms with Gasteiger partial charge in [-0.2, -0.15) is 0 Å². The van der Waals surface area contributed by atoms with E-state index in [1.165, 1.54) is 0 Å². The van der Waals surface area contributed by atoms with E-state index in [-0.39, 0.29) is 0 Å². The van der Waals surface area contributed by atoms with Crippen molar-refractivity contribution in [2.75, 3.05) is 20.2 Å². The lowest BCUT2D eigenvalue weighted by atomic mass is 10.2. The first kappa shape index (κ1) is 15.3. The van der Waals surface area contributed by atoms with Crippen LogP contribution in [0.2, 0.25) is 0 Å². The molecule has 1 aromatic carbocycles. The molecule has 0 saturated heterocycles. The molecule has 19 heavy (non-hydrogen) atoms.